The van der Waals surface area contributed by atoms with Gasteiger partial charge in [0.15, 0.2) is 11.8 Å². The Labute approximate surface area is 238 Å². The highest BCUT2D eigenvalue weighted by atomic mass is 79.9. The average Bonchev–Trinajstić information content (AvgIpc) is 3.18. The van der Waals surface area contributed by atoms with E-state index in [0.717, 1.165) is 24.3 Å². The van der Waals surface area contributed by atoms with Gasteiger partial charge in [0.25, 0.3) is 5.91 Å². The molecule has 0 bridgehead atoms. The molecular formula is C27H29Br2N3O4S. The van der Waals surface area contributed by atoms with Gasteiger partial charge in [0.1, 0.15) is 5.75 Å². The van der Waals surface area contributed by atoms with Crippen molar-refractivity contribution >= 4 is 78.1 Å². The third-order valence-electron chi connectivity index (χ3n) is 5.96. The van der Waals surface area contributed by atoms with Crippen molar-refractivity contribution in [2.45, 2.75) is 33.1 Å². The van der Waals surface area contributed by atoms with Gasteiger partial charge in [0.05, 0.1) is 26.1 Å². The number of esters is 1. The monoisotopic (exact) mass is 649 g/mol. The molecule has 1 amide bonds. The van der Waals surface area contributed by atoms with Gasteiger partial charge in [-0.3, -0.25) is 9.69 Å². The quantitative estimate of drug-likeness (QED) is 0.232. The molecular weight excluding hydrogens is 622 g/mol. The van der Waals surface area contributed by atoms with Crippen LogP contribution < -0.4 is 9.64 Å². The van der Waals surface area contributed by atoms with Crippen LogP contribution in [0.4, 0.5) is 11.4 Å². The molecule has 2 aromatic rings. The Hall–Kier alpha value is -2.30. The van der Waals surface area contributed by atoms with E-state index in [-0.39, 0.29) is 12.5 Å². The first-order chi connectivity index (χ1) is 17.9. The number of ether oxygens (including phenoxy) is 2. The molecule has 0 N–H and O–H groups in total. The average molecular weight is 651 g/mol. The number of likely N-dealkylation sites (N-methyl/N-ethyl adjacent to an activating group) is 1. The van der Waals surface area contributed by atoms with Gasteiger partial charge in [-0.1, -0.05) is 0 Å². The fourth-order valence-corrected chi connectivity index (χ4v) is 6.67. The van der Waals surface area contributed by atoms with Crippen LogP contribution in [0.5, 0.6) is 5.75 Å². The van der Waals surface area contributed by atoms with Crippen LogP contribution in [0, 0.1) is 0 Å². The summed E-state index contributed by atoms with van der Waals surface area (Å²) in [4.78, 5) is 34.2. The lowest BCUT2D eigenvalue weighted by atomic mass is 10.1. The molecule has 0 radical (unpaired) electrons. The van der Waals surface area contributed by atoms with Crippen molar-refractivity contribution in [1.29, 1.82) is 0 Å². The van der Waals surface area contributed by atoms with Crippen LogP contribution in [0.25, 0.3) is 6.08 Å². The number of amidine groups is 1. The number of halogens is 2. The highest BCUT2D eigenvalue weighted by Crippen LogP contribution is 2.38. The topological polar surface area (TPSA) is 71.4 Å². The van der Waals surface area contributed by atoms with Crippen LogP contribution in [0.1, 0.15) is 38.7 Å². The summed E-state index contributed by atoms with van der Waals surface area (Å²) in [5.74, 6) is -0.0230. The molecule has 4 rings (SSSR count). The summed E-state index contributed by atoms with van der Waals surface area (Å²) in [5.41, 5.74) is 2.85. The Bertz CT molecular complexity index is 1190. The van der Waals surface area contributed by atoms with E-state index in [1.54, 1.807) is 11.8 Å². The van der Waals surface area contributed by atoms with Crippen LogP contribution >= 0.6 is 43.6 Å². The van der Waals surface area contributed by atoms with E-state index in [1.165, 1.54) is 36.7 Å². The molecule has 2 heterocycles. The minimum absolute atomic E-state index is 0.0777. The summed E-state index contributed by atoms with van der Waals surface area (Å²) >= 11 is 8.37. The maximum atomic E-state index is 13.1. The minimum Gasteiger partial charge on any atom is -0.480 e. The van der Waals surface area contributed by atoms with Crippen LogP contribution in [0.3, 0.4) is 0 Å². The molecule has 2 aromatic carbocycles. The van der Waals surface area contributed by atoms with E-state index < -0.39 is 5.97 Å². The van der Waals surface area contributed by atoms with Gasteiger partial charge >= 0.3 is 5.97 Å². The standard InChI is InChI=1S/C27H29Br2N3O4S/c1-3-32-26(34)23(16-18-14-21(28)25(22(29)15-18)36-17-24(33)35-4-2)37-27(32)30-19-8-10-20(11-9-19)31-12-6-5-7-13-31/h8-11,14-16H,3-7,12-13,17H2,1-2H3/b23-16-,30-27?. The maximum absolute atomic E-state index is 13.1. The van der Waals surface area contributed by atoms with Gasteiger partial charge in [-0.15, -0.1) is 0 Å². The molecule has 2 aliphatic rings. The van der Waals surface area contributed by atoms with E-state index in [9.17, 15) is 9.59 Å². The molecule has 0 spiro atoms. The lowest BCUT2D eigenvalue weighted by Gasteiger charge is -2.28. The normalized spacial score (nSPS) is 18.1. The van der Waals surface area contributed by atoms with Crippen molar-refractivity contribution in [2.24, 2.45) is 4.99 Å². The zero-order chi connectivity index (χ0) is 26.4. The van der Waals surface area contributed by atoms with Gasteiger partial charge in [-0.25, -0.2) is 9.79 Å². The smallest absolute Gasteiger partial charge is 0.344 e. The van der Waals surface area contributed by atoms with Crippen molar-refractivity contribution in [3.8, 4) is 5.75 Å². The highest BCUT2D eigenvalue weighted by Gasteiger charge is 2.32. The zero-order valence-corrected chi connectivity index (χ0v) is 24.8. The maximum Gasteiger partial charge on any atom is 0.344 e. The van der Waals surface area contributed by atoms with E-state index in [4.69, 9.17) is 14.5 Å². The number of hydrogen-bond acceptors (Lipinski definition) is 7. The Morgan fingerprint density at radius 2 is 1.76 bits per heavy atom. The van der Waals surface area contributed by atoms with Crippen LogP contribution in [0.15, 0.2) is 55.2 Å². The molecule has 7 nitrogen and oxygen atoms in total. The highest BCUT2D eigenvalue weighted by molar-refractivity contribution is 9.11. The van der Waals surface area contributed by atoms with Crippen LogP contribution in [-0.4, -0.2) is 54.8 Å². The number of aliphatic imine (C=N–C) groups is 1. The van der Waals surface area contributed by atoms with Gasteiger partial charge in [0.2, 0.25) is 0 Å². The third-order valence-corrected chi connectivity index (χ3v) is 8.14. The van der Waals surface area contributed by atoms with Gasteiger partial charge in [-0.2, -0.15) is 0 Å². The van der Waals surface area contributed by atoms with Gasteiger partial charge in [-0.05, 0) is 125 Å². The number of anilines is 1. The number of carbonyl (C=O) groups is 2. The van der Waals surface area contributed by atoms with E-state index in [0.29, 0.717) is 37.9 Å². The number of piperidine rings is 1. The second-order valence-corrected chi connectivity index (χ2v) is 11.2. The first-order valence-corrected chi connectivity index (χ1v) is 14.7. The van der Waals surface area contributed by atoms with Gasteiger partial charge in [0, 0.05) is 25.3 Å². The summed E-state index contributed by atoms with van der Waals surface area (Å²) in [6, 6.07) is 11.9. The number of benzene rings is 2. The summed E-state index contributed by atoms with van der Waals surface area (Å²) in [6.07, 6.45) is 5.61. The molecule has 2 aliphatic heterocycles. The molecule has 2 fully saturated rings. The Morgan fingerprint density at radius 1 is 1.08 bits per heavy atom. The van der Waals surface area contributed by atoms with Crippen molar-refractivity contribution in [2.75, 3.05) is 37.7 Å². The number of thioether (sulfide) groups is 1. The number of hydrogen-bond donors (Lipinski definition) is 0. The number of amides is 1. The first kappa shape index (κ1) is 27.7. The van der Waals surface area contributed by atoms with Crippen molar-refractivity contribution in [3.63, 3.8) is 0 Å². The Balaban J connectivity index is 1.50. The van der Waals surface area contributed by atoms with Crippen molar-refractivity contribution < 1.29 is 19.1 Å². The summed E-state index contributed by atoms with van der Waals surface area (Å²) in [7, 11) is 0. The fourth-order valence-electron chi connectivity index (χ4n) is 4.16. The lowest BCUT2D eigenvalue weighted by Crippen LogP contribution is -2.29. The zero-order valence-electron chi connectivity index (χ0n) is 20.8. The number of rotatable bonds is 8. The predicted octanol–water partition coefficient (Wildman–Crippen LogP) is 6.77. The molecule has 196 valence electrons. The molecule has 2 saturated heterocycles. The van der Waals surface area contributed by atoms with Gasteiger partial charge < -0.3 is 14.4 Å². The molecule has 10 heteroatoms. The second-order valence-electron chi connectivity index (χ2n) is 8.53. The number of nitrogens with zero attached hydrogens (tertiary/aromatic N) is 3. The first-order valence-electron chi connectivity index (χ1n) is 12.3. The number of carbonyl (C=O) groups excluding carboxylic acids is 2. The van der Waals surface area contributed by atoms with Crippen LogP contribution in [0.2, 0.25) is 0 Å². The Kier molecular flexibility index (Phi) is 9.72. The molecule has 0 saturated carbocycles. The molecule has 0 unspecified atom stereocenters. The molecule has 0 atom stereocenters. The molecule has 0 aromatic heterocycles. The van der Waals surface area contributed by atoms with E-state index >= 15 is 0 Å². The third kappa shape index (κ3) is 6.97. The molecule has 0 aliphatic carbocycles. The summed E-state index contributed by atoms with van der Waals surface area (Å²) in [5, 5.41) is 0.664. The van der Waals surface area contributed by atoms with E-state index in [2.05, 4.69) is 48.9 Å². The fraction of sp³-hybridized carbons (Fsp3) is 0.370. The van der Waals surface area contributed by atoms with Crippen LogP contribution in [-0.2, 0) is 14.3 Å². The summed E-state index contributed by atoms with van der Waals surface area (Å²) in [6.45, 7) is 6.52. The Morgan fingerprint density at radius 3 is 2.38 bits per heavy atom. The van der Waals surface area contributed by atoms with Crippen molar-refractivity contribution in [3.05, 3.63) is 55.8 Å². The largest absolute Gasteiger partial charge is 0.480 e. The predicted molar refractivity (Wildman–Crippen MR) is 157 cm³/mol. The molecule has 37 heavy (non-hydrogen) atoms. The van der Waals surface area contributed by atoms with Crippen molar-refractivity contribution in [1.82, 2.24) is 4.90 Å². The van der Waals surface area contributed by atoms with E-state index in [1.807, 2.05) is 37.3 Å². The lowest BCUT2D eigenvalue weighted by molar-refractivity contribution is -0.145. The second kappa shape index (κ2) is 13.0. The SMILES string of the molecule is CCOC(=O)COc1c(Br)cc(/C=C2\SC(=Nc3ccc(N4CCCCC4)cc3)N(CC)C2=O)cc1Br. The summed E-state index contributed by atoms with van der Waals surface area (Å²) < 4.78 is 11.8. The minimum atomic E-state index is -0.437.